The smallest absolute Gasteiger partial charge is 0.214 e. The van der Waals surface area contributed by atoms with Gasteiger partial charge in [0.1, 0.15) is 0 Å². The lowest BCUT2D eigenvalue weighted by atomic mass is 10.1. The van der Waals surface area contributed by atoms with E-state index < -0.39 is 10.0 Å². The molecule has 2 heterocycles. The fourth-order valence-corrected chi connectivity index (χ4v) is 3.76. The van der Waals surface area contributed by atoms with Crippen LogP contribution in [0.15, 0.2) is 0 Å². The van der Waals surface area contributed by atoms with Crippen molar-refractivity contribution < 1.29 is 13.2 Å². The van der Waals surface area contributed by atoms with Crippen LogP contribution in [0.2, 0.25) is 0 Å². The van der Waals surface area contributed by atoms with Gasteiger partial charge in [-0.05, 0) is 44.7 Å². The van der Waals surface area contributed by atoms with Crippen LogP contribution in [0.1, 0.15) is 25.7 Å². The van der Waals surface area contributed by atoms with Crippen molar-refractivity contribution >= 4 is 22.4 Å². The van der Waals surface area contributed by atoms with E-state index in [9.17, 15) is 8.42 Å². The molecular formula is C11H23ClN2O3S. The van der Waals surface area contributed by atoms with E-state index in [0.29, 0.717) is 19.1 Å². The number of sulfonamides is 1. The van der Waals surface area contributed by atoms with Crippen molar-refractivity contribution in [2.24, 2.45) is 5.92 Å². The van der Waals surface area contributed by atoms with Crippen LogP contribution in [0.25, 0.3) is 0 Å². The van der Waals surface area contributed by atoms with Gasteiger partial charge in [-0.1, -0.05) is 0 Å². The maximum atomic E-state index is 11.8. The summed E-state index contributed by atoms with van der Waals surface area (Å²) in [7, 11) is -3.15. The number of ether oxygens (including phenoxy) is 1. The van der Waals surface area contributed by atoms with Gasteiger partial charge in [0.25, 0.3) is 0 Å². The Bertz CT molecular complexity index is 325. The van der Waals surface area contributed by atoms with Crippen molar-refractivity contribution in [2.75, 3.05) is 32.0 Å². The van der Waals surface area contributed by atoms with Crippen LogP contribution in [0.4, 0.5) is 0 Å². The number of hydrogen-bond donors (Lipinski definition) is 2. The van der Waals surface area contributed by atoms with Gasteiger partial charge < -0.3 is 10.1 Å². The molecule has 0 aromatic carbocycles. The lowest BCUT2D eigenvalue weighted by molar-refractivity contribution is 0.127. The quantitative estimate of drug-likeness (QED) is 0.750. The fraction of sp³-hybridized carbons (Fsp3) is 1.00. The zero-order chi connectivity index (χ0) is 12.1. The van der Waals surface area contributed by atoms with E-state index in [0.717, 1.165) is 38.8 Å². The molecule has 0 saturated carbocycles. The van der Waals surface area contributed by atoms with Crippen molar-refractivity contribution in [3.05, 3.63) is 0 Å². The van der Waals surface area contributed by atoms with Crippen molar-refractivity contribution in [1.82, 2.24) is 10.0 Å². The highest BCUT2D eigenvalue weighted by Crippen LogP contribution is 2.14. The molecule has 18 heavy (non-hydrogen) atoms. The Kier molecular flexibility index (Phi) is 6.87. The third kappa shape index (κ3) is 5.40. The van der Waals surface area contributed by atoms with Gasteiger partial charge >= 0.3 is 0 Å². The summed E-state index contributed by atoms with van der Waals surface area (Å²) in [5, 5.41) is 3.28. The van der Waals surface area contributed by atoms with Crippen LogP contribution in [-0.2, 0) is 14.8 Å². The first kappa shape index (κ1) is 16.2. The maximum Gasteiger partial charge on any atom is 0.214 e. The highest BCUT2D eigenvalue weighted by molar-refractivity contribution is 7.89. The van der Waals surface area contributed by atoms with Crippen LogP contribution in [0, 0.1) is 5.92 Å². The van der Waals surface area contributed by atoms with Crippen LogP contribution in [0.5, 0.6) is 0 Å². The number of hydrogen-bond acceptors (Lipinski definition) is 4. The topological polar surface area (TPSA) is 67.4 Å². The highest BCUT2D eigenvalue weighted by Gasteiger charge is 2.23. The lowest BCUT2D eigenvalue weighted by Gasteiger charge is -2.12. The van der Waals surface area contributed by atoms with Gasteiger partial charge in [-0.15, -0.1) is 12.4 Å². The molecule has 2 saturated heterocycles. The predicted molar refractivity (Wildman–Crippen MR) is 73.6 cm³/mol. The van der Waals surface area contributed by atoms with Crippen molar-refractivity contribution in [3.8, 4) is 0 Å². The molecular weight excluding hydrogens is 276 g/mol. The molecule has 0 amide bonds. The average Bonchev–Trinajstić information content (AvgIpc) is 2.89. The Morgan fingerprint density at radius 3 is 2.78 bits per heavy atom. The lowest BCUT2D eigenvalue weighted by Crippen LogP contribution is -2.33. The zero-order valence-corrected chi connectivity index (χ0v) is 12.2. The van der Waals surface area contributed by atoms with Crippen LogP contribution < -0.4 is 10.0 Å². The Morgan fingerprint density at radius 1 is 1.33 bits per heavy atom. The molecule has 2 atom stereocenters. The normalized spacial score (nSPS) is 28.2. The summed E-state index contributed by atoms with van der Waals surface area (Å²) < 4.78 is 31.5. The number of nitrogens with one attached hydrogen (secondary N) is 2. The highest BCUT2D eigenvalue weighted by atomic mass is 35.5. The van der Waals surface area contributed by atoms with Crippen LogP contribution >= 0.6 is 12.4 Å². The molecule has 2 aliphatic rings. The van der Waals surface area contributed by atoms with Crippen molar-refractivity contribution in [2.45, 2.75) is 31.8 Å². The van der Waals surface area contributed by atoms with Crippen molar-refractivity contribution in [1.29, 1.82) is 0 Å². The third-order valence-corrected chi connectivity index (χ3v) is 4.92. The molecule has 2 unspecified atom stereocenters. The van der Waals surface area contributed by atoms with Gasteiger partial charge in [0.15, 0.2) is 0 Å². The number of rotatable bonds is 6. The van der Waals surface area contributed by atoms with Gasteiger partial charge in [0.05, 0.1) is 11.9 Å². The summed E-state index contributed by atoms with van der Waals surface area (Å²) in [6, 6.07) is 0. The fourth-order valence-electron chi connectivity index (χ4n) is 2.46. The summed E-state index contributed by atoms with van der Waals surface area (Å²) in [4.78, 5) is 0. The molecule has 0 aromatic rings. The molecule has 0 radical (unpaired) electrons. The minimum atomic E-state index is -3.15. The molecule has 0 aromatic heterocycles. The minimum absolute atomic E-state index is 0. The molecule has 2 fully saturated rings. The van der Waals surface area contributed by atoms with E-state index in [1.165, 1.54) is 0 Å². The summed E-state index contributed by atoms with van der Waals surface area (Å²) >= 11 is 0. The van der Waals surface area contributed by atoms with E-state index in [4.69, 9.17) is 4.74 Å². The van der Waals surface area contributed by atoms with Crippen LogP contribution in [0.3, 0.4) is 0 Å². The Hall–Kier alpha value is 0.120. The van der Waals surface area contributed by atoms with Gasteiger partial charge in [-0.3, -0.25) is 0 Å². The second-order valence-electron chi connectivity index (χ2n) is 4.96. The second-order valence-corrected chi connectivity index (χ2v) is 6.81. The average molecular weight is 299 g/mol. The zero-order valence-electron chi connectivity index (χ0n) is 10.6. The Labute approximate surface area is 116 Å². The van der Waals surface area contributed by atoms with Gasteiger partial charge in [-0.2, -0.15) is 0 Å². The monoisotopic (exact) mass is 298 g/mol. The van der Waals surface area contributed by atoms with E-state index in [1.54, 1.807) is 0 Å². The van der Waals surface area contributed by atoms with Crippen LogP contribution in [-0.4, -0.2) is 46.5 Å². The SMILES string of the molecule is Cl.O=S(=O)(CC1CCCO1)NCCC1CCNC1. The molecule has 0 aliphatic carbocycles. The van der Waals surface area contributed by atoms with Gasteiger partial charge in [0.2, 0.25) is 10.0 Å². The summed E-state index contributed by atoms with van der Waals surface area (Å²) in [6.07, 6.45) is 3.84. The van der Waals surface area contributed by atoms with E-state index in [1.807, 2.05) is 0 Å². The third-order valence-electron chi connectivity index (χ3n) is 3.47. The standard InChI is InChI=1S/C11H22N2O3S.ClH/c14-17(15,9-11-2-1-7-16-11)13-6-4-10-3-5-12-8-10;/h10-13H,1-9H2;1H. The predicted octanol–water partition coefficient (Wildman–Crippen LogP) is 0.506. The maximum absolute atomic E-state index is 11.8. The summed E-state index contributed by atoms with van der Waals surface area (Å²) in [5.41, 5.74) is 0. The largest absolute Gasteiger partial charge is 0.377 e. The molecule has 2 N–H and O–H groups in total. The number of halogens is 1. The van der Waals surface area contributed by atoms with Gasteiger partial charge in [0, 0.05) is 13.2 Å². The first-order chi connectivity index (χ1) is 8.16. The molecule has 0 bridgehead atoms. The molecule has 5 nitrogen and oxygen atoms in total. The molecule has 2 aliphatic heterocycles. The summed E-state index contributed by atoms with van der Waals surface area (Å²) in [6.45, 7) is 3.34. The van der Waals surface area contributed by atoms with E-state index in [2.05, 4.69) is 10.0 Å². The Balaban J connectivity index is 0.00000162. The van der Waals surface area contributed by atoms with Crippen molar-refractivity contribution in [3.63, 3.8) is 0 Å². The molecule has 108 valence electrons. The second kappa shape index (κ2) is 7.65. The molecule has 7 heteroatoms. The molecule has 0 spiro atoms. The Morgan fingerprint density at radius 2 is 2.17 bits per heavy atom. The first-order valence-electron chi connectivity index (χ1n) is 6.45. The van der Waals surface area contributed by atoms with Gasteiger partial charge in [-0.25, -0.2) is 13.1 Å². The van der Waals surface area contributed by atoms with E-state index >= 15 is 0 Å². The minimum Gasteiger partial charge on any atom is -0.377 e. The molecule has 2 rings (SSSR count). The summed E-state index contributed by atoms with van der Waals surface area (Å²) in [5.74, 6) is 0.746. The first-order valence-corrected chi connectivity index (χ1v) is 8.10. The van der Waals surface area contributed by atoms with E-state index in [-0.39, 0.29) is 24.3 Å².